The second-order valence-electron chi connectivity index (χ2n) is 5.04. The molecule has 3 N–H and O–H groups in total. The lowest BCUT2D eigenvalue weighted by Gasteiger charge is -2.08. The largest absolute Gasteiger partial charge is 0.480 e. The topological polar surface area (TPSA) is 89.6 Å². The van der Waals surface area contributed by atoms with Gasteiger partial charge in [-0.25, -0.2) is 0 Å². The van der Waals surface area contributed by atoms with Crippen molar-refractivity contribution in [3.8, 4) is 0 Å². The number of carbonyl (C=O) groups is 2. The third kappa shape index (κ3) is 6.90. The van der Waals surface area contributed by atoms with Crippen molar-refractivity contribution in [2.45, 2.75) is 45.1 Å². The van der Waals surface area contributed by atoms with Gasteiger partial charge in [-0.3, -0.25) is 9.59 Å². The molecule has 0 unspecified atom stereocenters. The van der Waals surface area contributed by atoms with E-state index >= 15 is 0 Å². The summed E-state index contributed by atoms with van der Waals surface area (Å²) >= 11 is 0. The standard InChI is InChI=1S/C16H23NO4/c1-2-3-9-21-15(18)8-7-12-5-4-6-13(10-12)11-14(17)16(19)20/h4-6,10,14H,2-3,7-9,11,17H2,1H3,(H,19,20)/t14-/m0/s1. The average Bonchev–Trinajstić information content (AvgIpc) is 2.45. The average molecular weight is 293 g/mol. The first-order valence-electron chi connectivity index (χ1n) is 7.24. The van der Waals surface area contributed by atoms with Gasteiger partial charge in [-0.1, -0.05) is 37.6 Å². The fraction of sp³-hybridized carbons (Fsp3) is 0.500. The predicted octanol–water partition coefficient (Wildman–Crippen LogP) is 1.92. The molecule has 1 rings (SSSR count). The maximum absolute atomic E-state index is 11.5. The van der Waals surface area contributed by atoms with Crippen LogP contribution in [0.5, 0.6) is 0 Å². The number of unbranched alkanes of at least 4 members (excludes halogenated alkanes) is 1. The number of hydrogen-bond acceptors (Lipinski definition) is 4. The number of aliphatic carboxylic acids is 1. The molecule has 1 atom stereocenters. The minimum atomic E-state index is -1.01. The Morgan fingerprint density at radius 1 is 1.33 bits per heavy atom. The number of hydrogen-bond donors (Lipinski definition) is 2. The molecule has 0 saturated carbocycles. The van der Waals surface area contributed by atoms with E-state index in [0.717, 1.165) is 24.0 Å². The highest BCUT2D eigenvalue weighted by Crippen LogP contribution is 2.10. The van der Waals surface area contributed by atoms with Crippen LogP contribution >= 0.6 is 0 Å². The molecule has 116 valence electrons. The predicted molar refractivity (Wildman–Crippen MR) is 79.9 cm³/mol. The van der Waals surface area contributed by atoms with E-state index in [4.69, 9.17) is 15.6 Å². The van der Waals surface area contributed by atoms with Crippen LogP contribution in [-0.4, -0.2) is 29.7 Å². The zero-order valence-electron chi connectivity index (χ0n) is 12.4. The van der Waals surface area contributed by atoms with Crippen molar-refractivity contribution in [2.75, 3.05) is 6.61 Å². The minimum Gasteiger partial charge on any atom is -0.480 e. The molecule has 21 heavy (non-hydrogen) atoms. The van der Waals surface area contributed by atoms with Crippen molar-refractivity contribution in [2.24, 2.45) is 5.73 Å². The summed E-state index contributed by atoms with van der Waals surface area (Å²) in [6.07, 6.45) is 3.08. The molecule has 0 aliphatic rings. The van der Waals surface area contributed by atoms with E-state index in [0.29, 0.717) is 19.4 Å². The Balaban J connectivity index is 2.45. The first-order chi connectivity index (χ1) is 10.0. The first kappa shape index (κ1) is 17.2. The summed E-state index contributed by atoms with van der Waals surface area (Å²) in [5.74, 6) is -1.21. The number of nitrogens with two attached hydrogens (primary N) is 1. The Bertz CT molecular complexity index is 473. The number of carboxylic acid groups (broad SMARTS) is 1. The Morgan fingerprint density at radius 2 is 2.05 bits per heavy atom. The van der Waals surface area contributed by atoms with Gasteiger partial charge in [0, 0.05) is 6.42 Å². The fourth-order valence-corrected chi connectivity index (χ4v) is 1.90. The van der Waals surface area contributed by atoms with Crippen molar-refractivity contribution < 1.29 is 19.4 Å². The van der Waals surface area contributed by atoms with Crippen LogP contribution in [0.1, 0.15) is 37.3 Å². The van der Waals surface area contributed by atoms with Crippen LogP contribution in [0.3, 0.4) is 0 Å². The Hall–Kier alpha value is -1.88. The van der Waals surface area contributed by atoms with Crippen LogP contribution < -0.4 is 5.73 Å². The van der Waals surface area contributed by atoms with Gasteiger partial charge in [-0.15, -0.1) is 0 Å². The van der Waals surface area contributed by atoms with Gasteiger partial charge in [-0.05, 0) is 30.4 Å². The van der Waals surface area contributed by atoms with Crippen LogP contribution in [0, 0.1) is 0 Å². The lowest BCUT2D eigenvalue weighted by molar-refractivity contribution is -0.143. The Morgan fingerprint density at radius 3 is 2.71 bits per heavy atom. The number of carboxylic acids is 1. The molecule has 0 fully saturated rings. The molecule has 0 aliphatic carbocycles. The third-order valence-electron chi connectivity index (χ3n) is 3.14. The lowest BCUT2D eigenvalue weighted by atomic mass is 10.0. The van der Waals surface area contributed by atoms with Gasteiger partial charge in [0.1, 0.15) is 6.04 Å². The number of benzene rings is 1. The highest BCUT2D eigenvalue weighted by Gasteiger charge is 2.12. The van der Waals surface area contributed by atoms with Crippen LogP contribution in [0.2, 0.25) is 0 Å². The van der Waals surface area contributed by atoms with Gasteiger partial charge in [0.2, 0.25) is 0 Å². The summed E-state index contributed by atoms with van der Waals surface area (Å²) in [7, 11) is 0. The monoisotopic (exact) mass is 293 g/mol. The van der Waals surface area contributed by atoms with Crippen molar-refractivity contribution in [1.29, 1.82) is 0 Å². The van der Waals surface area contributed by atoms with Crippen LogP contribution in [0.25, 0.3) is 0 Å². The summed E-state index contributed by atoms with van der Waals surface area (Å²) in [6.45, 7) is 2.52. The molecule has 0 aromatic heterocycles. The van der Waals surface area contributed by atoms with E-state index in [2.05, 4.69) is 0 Å². The number of carbonyl (C=O) groups excluding carboxylic acids is 1. The lowest BCUT2D eigenvalue weighted by Crippen LogP contribution is -2.32. The van der Waals surface area contributed by atoms with Gasteiger partial charge in [0.25, 0.3) is 0 Å². The third-order valence-corrected chi connectivity index (χ3v) is 3.14. The van der Waals surface area contributed by atoms with Crippen molar-refractivity contribution >= 4 is 11.9 Å². The van der Waals surface area contributed by atoms with Crippen LogP contribution in [0.4, 0.5) is 0 Å². The van der Waals surface area contributed by atoms with Gasteiger partial charge >= 0.3 is 11.9 Å². The number of rotatable bonds is 9. The second kappa shape index (κ2) is 9.13. The second-order valence-corrected chi connectivity index (χ2v) is 5.04. The fourth-order valence-electron chi connectivity index (χ4n) is 1.90. The molecule has 0 spiro atoms. The molecule has 5 heteroatoms. The maximum Gasteiger partial charge on any atom is 0.320 e. The summed E-state index contributed by atoms with van der Waals surface area (Å²) in [6, 6.07) is 6.59. The highest BCUT2D eigenvalue weighted by molar-refractivity contribution is 5.73. The van der Waals surface area contributed by atoms with Crippen molar-refractivity contribution in [3.05, 3.63) is 35.4 Å². The smallest absolute Gasteiger partial charge is 0.320 e. The molecule has 0 radical (unpaired) electrons. The van der Waals surface area contributed by atoms with Crippen LogP contribution in [-0.2, 0) is 27.2 Å². The van der Waals surface area contributed by atoms with E-state index in [-0.39, 0.29) is 12.4 Å². The molecule has 1 aromatic carbocycles. The minimum absolute atomic E-state index is 0.198. The van der Waals surface area contributed by atoms with E-state index in [1.165, 1.54) is 0 Å². The van der Waals surface area contributed by atoms with Gasteiger partial charge < -0.3 is 15.6 Å². The van der Waals surface area contributed by atoms with Crippen molar-refractivity contribution in [3.63, 3.8) is 0 Å². The van der Waals surface area contributed by atoms with Gasteiger partial charge in [-0.2, -0.15) is 0 Å². The van der Waals surface area contributed by atoms with E-state index in [1.807, 2.05) is 31.2 Å². The van der Waals surface area contributed by atoms with Crippen molar-refractivity contribution in [1.82, 2.24) is 0 Å². The molecule has 1 aromatic rings. The normalized spacial score (nSPS) is 11.9. The Labute approximate surface area is 125 Å². The molecule has 0 heterocycles. The summed E-state index contributed by atoms with van der Waals surface area (Å²) in [4.78, 5) is 22.3. The number of ether oxygens (including phenoxy) is 1. The number of aryl methyl sites for hydroxylation is 1. The zero-order valence-corrected chi connectivity index (χ0v) is 12.4. The molecule has 0 saturated heterocycles. The maximum atomic E-state index is 11.5. The highest BCUT2D eigenvalue weighted by atomic mass is 16.5. The molecular formula is C16H23NO4. The Kier molecular flexibility index (Phi) is 7.46. The quantitative estimate of drug-likeness (QED) is 0.536. The molecule has 0 amide bonds. The molecule has 0 aliphatic heterocycles. The summed E-state index contributed by atoms with van der Waals surface area (Å²) in [5.41, 5.74) is 7.36. The summed E-state index contributed by atoms with van der Waals surface area (Å²) < 4.78 is 5.09. The molecule has 0 bridgehead atoms. The number of esters is 1. The molecule has 5 nitrogen and oxygen atoms in total. The zero-order chi connectivity index (χ0) is 15.7. The SMILES string of the molecule is CCCCOC(=O)CCc1cccc(C[C@H](N)C(=O)O)c1. The van der Waals surface area contributed by atoms with E-state index < -0.39 is 12.0 Å². The molecular weight excluding hydrogens is 270 g/mol. The van der Waals surface area contributed by atoms with Gasteiger partial charge in [0.05, 0.1) is 6.61 Å². The van der Waals surface area contributed by atoms with E-state index in [9.17, 15) is 9.59 Å². The van der Waals surface area contributed by atoms with Crippen LogP contribution in [0.15, 0.2) is 24.3 Å². The first-order valence-corrected chi connectivity index (χ1v) is 7.24. The van der Waals surface area contributed by atoms with Gasteiger partial charge in [0.15, 0.2) is 0 Å². The summed E-state index contributed by atoms with van der Waals surface area (Å²) in [5, 5.41) is 8.81. The van der Waals surface area contributed by atoms with E-state index in [1.54, 1.807) is 0 Å².